The van der Waals surface area contributed by atoms with Gasteiger partial charge in [-0.1, -0.05) is 39.8 Å². The van der Waals surface area contributed by atoms with Crippen LogP contribution in [-0.4, -0.2) is 20.8 Å². The Balaban J connectivity index is 1.64. The van der Waals surface area contributed by atoms with Crippen molar-refractivity contribution < 1.29 is 59.8 Å². The van der Waals surface area contributed by atoms with E-state index >= 15 is 0 Å². The molecule has 0 N–H and O–H groups in total. The van der Waals surface area contributed by atoms with E-state index in [1.807, 2.05) is 0 Å². The van der Waals surface area contributed by atoms with E-state index in [-0.39, 0.29) is 34.4 Å². The highest BCUT2D eigenvalue weighted by Crippen LogP contribution is 2.56. The maximum atomic E-state index is 14.5. The van der Waals surface area contributed by atoms with Crippen LogP contribution in [0, 0.1) is 0 Å². The van der Waals surface area contributed by atoms with E-state index in [2.05, 4.69) is 8.73 Å². The summed E-state index contributed by atoms with van der Waals surface area (Å²) in [5.41, 5.74) is -7.62. The summed E-state index contributed by atoms with van der Waals surface area (Å²) in [5, 5.41) is 0. The zero-order valence-electron chi connectivity index (χ0n) is 21.9. The van der Waals surface area contributed by atoms with Gasteiger partial charge in [-0.2, -0.15) is 34.8 Å². The highest BCUT2D eigenvalue weighted by Gasteiger charge is 2.72. The SMILES string of the molecule is O=S(F)(F)=Nc1ccc(Oc2ccc(C(c3ccc(Oc4ccc(N=S(=O)(F)F)cc4)cc3)(C(F)(F)F)C(F)(F)F)cc2)cc1. The Bertz CT molecular complexity index is 1740. The number of benzene rings is 4. The Kier molecular flexibility index (Phi) is 9.12. The molecule has 0 heterocycles. The van der Waals surface area contributed by atoms with Crippen LogP contribution in [0.3, 0.4) is 0 Å². The van der Waals surface area contributed by atoms with Crippen molar-refractivity contribution >= 4 is 32.4 Å². The molecule has 0 spiro atoms. The molecule has 0 aliphatic rings. The largest absolute Gasteiger partial charge is 0.457 e. The quantitative estimate of drug-likeness (QED) is 0.137. The van der Waals surface area contributed by atoms with Crippen molar-refractivity contribution in [1.29, 1.82) is 0 Å². The molecule has 4 aromatic rings. The number of rotatable bonds is 8. The predicted octanol–water partition coefficient (Wildman–Crippen LogP) is 10.4. The summed E-state index contributed by atoms with van der Waals surface area (Å²) in [6.45, 7) is 0. The van der Waals surface area contributed by atoms with Gasteiger partial charge in [-0.25, -0.2) is 0 Å². The minimum atomic E-state index is -5.90. The Morgan fingerprint density at radius 1 is 0.444 bits per heavy atom. The summed E-state index contributed by atoms with van der Waals surface area (Å²) < 4.78 is 174. The van der Waals surface area contributed by atoms with Gasteiger partial charge in [0.05, 0.1) is 11.4 Å². The van der Waals surface area contributed by atoms with E-state index in [1.165, 1.54) is 0 Å². The van der Waals surface area contributed by atoms with Gasteiger partial charge in [-0.15, -0.1) is 8.73 Å². The molecule has 0 radical (unpaired) electrons. The lowest BCUT2D eigenvalue weighted by Crippen LogP contribution is -2.54. The molecule has 6 nitrogen and oxygen atoms in total. The molecule has 4 rings (SSSR count). The smallest absolute Gasteiger partial charge is 0.411 e. The molecule has 0 fully saturated rings. The number of halogens is 10. The summed E-state index contributed by atoms with van der Waals surface area (Å²) in [5.74, 6) is -0.449. The summed E-state index contributed by atoms with van der Waals surface area (Å²) in [6, 6.07) is 14.2. The molecular formula is C27H16F10N2O4S2. The van der Waals surface area contributed by atoms with Crippen LogP contribution in [0.2, 0.25) is 0 Å². The maximum absolute atomic E-state index is 14.5. The Labute approximate surface area is 249 Å². The molecule has 4 aromatic carbocycles. The van der Waals surface area contributed by atoms with Crippen LogP contribution in [0.25, 0.3) is 0 Å². The second kappa shape index (κ2) is 12.2. The highest BCUT2D eigenvalue weighted by atomic mass is 32.3. The molecule has 45 heavy (non-hydrogen) atoms. The van der Waals surface area contributed by atoms with Crippen LogP contribution in [0.1, 0.15) is 11.1 Å². The van der Waals surface area contributed by atoms with Crippen LogP contribution < -0.4 is 9.47 Å². The van der Waals surface area contributed by atoms with Gasteiger partial charge < -0.3 is 9.47 Å². The van der Waals surface area contributed by atoms with Crippen LogP contribution in [0.5, 0.6) is 23.0 Å². The molecule has 0 saturated carbocycles. The van der Waals surface area contributed by atoms with Gasteiger partial charge in [0.2, 0.25) is 5.41 Å². The van der Waals surface area contributed by atoms with E-state index in [0.717, 1.165) is 72.8 Å². The van der Waals surface area contributed by atoms with E-state index in [0.29, 0.717) is 24.3 Å². The molecule has 18 heteroatoms. The number of hydrogen-bond donors (Lipinski definition) is 0. The standard InChI is InChI=1S/C27H16F10N2O4S2/c28-26(29,30)25(27(31,32)33,17-1-9-21(10-2-17)42-23-13-5-19(6-14-23)38-44(34,35)40)18-3-11-22(12-4-18)43-24-15-7-20(8-16-24)39-45(36,37)41/h1-16H. The van der Waals surface area contributed by atoms with Crippen molar-refractivity contribution in [3.8, 4) is 23.0 Å². The third-order valence-electron chi connectivity index (χ3n) is 5.99. The van der Waals surface area contributed by atoms with Crippen molar-refractivity contribution in [3.05, 3.63) is 108 Å². The molecule has 240 valence electrons. The number of nitrogens with zero attached hydrogens (tertiary/aromatic N) is 2. The third kappa shape index (κ3) is 8.05. The fourth-order valence-electron chi connectivity index (χ4n) is 4.20. The van der Waals surface area contributed by atoms with E-state index in [1.54, 1.807) is 0 Å². The Morgan fingerprint density at radius 2 is 0.689 bits per heavy atom. The van der Waals surface area contributed by atoms with Gasteiger partial charge in [0.25, 0.3) is 0 Å². The summed E-state index contributed by atoms with van der Waals surface area (Å²) in [4.78, 5) is 0. The molecule has 0 saturated heterocycles. The summed E-state index contributed by atoms with van der Waals surface area (Å²) >= 11 is 0. The number of ether oxygens (including phenoxy) is 2. The average Bonchev–Trinajstić information content (AvgIpc) is 2.90. The number of alkyl halides is 6. The topological polar surface area (TPSA) is 77.3 Å². The lowest BCUT2D eigenvalue weighted by Gasteiger charge is -2.38. The average molecular weight is 687 g/mol. The lowest BCUT2D eigenvalue weighted by atomic mass is 9.73. The summed E-state index contributed by atoms with van der Waals surface area (Å²) in [7, 11) is -10.9. The fourth-order valence-corrected chi connectivity index (χ4v) is 4.93. The molecule has 0 atom stereocenters. The van der Waals surface area contributed by atoms with E-state index in [4.69, 9.17) is 9.47 Å². The van der Waals surface area contributed by atoms with Crippen LogP contribution in [-0.2, 0) is 26.4 Å². The first-order chi connectivity index (χ1) is 20.8. The minimum Gasteiger partial charge on any atom is -0.457 e. The maximum Gasteiger partial charge on any atom is 0.411 e. The fraction of sp³-hybridized carbons (Fsp3) is 0.111. The number of hydrogen-bond acceptors (Lipinski definition) is 6. The predicted molar refractivity (Wildman–Crippen MR) is 144 cm³/mol. The third-order valence-corrected chi connectivity index (χ3v) is 6.84. The molecular weight excluding hydrogens is 670 g/mol. The molecule has 0 aromatic heterocycles. The normalized spacial score (nSPS) is 12.8. The van der Waals surface area contributed by atoms with Crippen LogP contribution >= 0.6 is 0 Å². The van der Waals surface area contributed by atoms with Crippen molar-refractivity contribution in [1.82, 2.24) is 0 Å². The first-order valence-electron chi connectivity index (χ1n) is 12.0. The van der Waals surface area contributed by atoms with Crippen LogP contribution in [0.4, 0.5) is 53.3 Å². The van der Waals surface area contributed by atoms with Gasteiger partial charge in [0.1, 0.15) is 23.0 Å². The van der Waals surface area contributed by atoms with Gasteiger partial charge in [0, 0.05) is 0 Å². The lowest BCUT2D eigenvalue weighted by molar-refractivity contribution is -0.288. The second-order valence-electron chi connectivity index (χ2n) is 8.96. The van der Waals surface area contributed by atoms with Crippen molar-refractivity contribution in [3.63, 3.8) is 0 Å². The molecule has 0 aliphatic carbocycles. The molecule has 0 bridgehead atoms. The van der Waals surface area contributed by atoms with Crippen molar-refractivity contribution in [2.75, 3.05) is 0 Å². The van der Waals surface area contributed by atoms with Gasteiger partial charge in [-0.3, -0.25) is 0 Å². The monoisotopic (exact) mass is 686 g/mol. The zero-order chi connectivity index (χ0) is 33.3. The van der Waals surface area contributed by atoms with Crippen molar-refractivity contribution in [2.24, 2.45) is 8.73 Å². The molecule has 0 amide bonds. The second-order valence-corrected chi connectivity index (χ2v) is 10.9. The van der Waals surface area contributed by atoms with Crippen LogP contribution in [0.15, 0.2) is 106 Å². The minimum absolute atomic E-state index is 0.0344. The first-order valence-corrected chi connectivity index (χ1v) is 14.6. The van der Waals surface area contributed by atoms with E-state index < -0.39 is 49.9 Å². The Morgan fingerprint density at radius 3 is 0.911 bits per heavy atom. The highest BCUT2D eigenvalue weighted by molar-refractivity contribution is 7.83. The Hall–Kier alpha value is -4.32. The van der Waals surface area contributed by atoms with Gasteiger partial charge in [0.15, 0.2) is 0 Å². The summed E-state index contributed by atoms with van der Waals surface area (Å²) in [6.07, 6.45) is -11.8. The first kappa shape index (κ1) is 33.6. The van der Waals surface area contributed by atoms with Gasteiger partial charge >= 0.3 is 33.4 Å². The zero-order valence-corrected chi connectivity index (χ0v) is 23.5. The molecule has 0 aliphatic heterocycles. The van der Waals surface area contributed by atoms with E-state index in [9.17, 15) is 50.3 Å². The molecule has 0 unspecified atom stereocenters. The van der Waals surface area contributed by atoms with Crippen molar-refractivity contribution in [2.45, 2.75) is 17.8 Å². The van der Waals surface area contributed by atoms with Gasteiger partial charge in [-0.05, 0) is 83.9 Å².